The molecule has 0 unspecified atom stereocenters. The van der Waals surface area contributed by atoms with Crippen LogP contribution in [0.2, 0.25) is 0 Å². The fourth-order valence-corrected chi connectivity index (χ4v) is 8.56. The first kappa shape index (κ1) is 29.5. The van der Waals surface area contributed by atoms with Gasteiger partial charge in [-0.25, -0.2) is 9.29 Å². The first-order chi connectivity index (χ1) is 20.4. The van der Waals surface area contributed by atoms with E-state index in [-0.39, 0.29) is 28.6 Å². The number of fused-ring (bicyclic) bond motifs is 2. The monoisotopic (exact) mass is 679 g/mol. The Balaban J connectivity index is 1.41. The number of amides is 3. The van der Waals surface area contributed by atoms with Crippen molar-refractivity contribution in [1.82, 2.24) is 4.57 Å². The molecule has 3 heterocycles. The first-order valence-electron chi connectivity index (χ1n) is 13.6. The average molecular weight is 681 g/mol. The Morgan fingerprint density at radius 1 is 0.930 bits per heavy atom. The molecule has 1 aromatic heterocycles. The Morgan fingerprint density at radius 2 is 1.58 bits per heavy atom. The number of anilines is 2. The lowest BCUT2D eigenvalue weighted by atomic mass is 9.81. The molecule has 4 aromatic rings. The van der Waals surface area contributed by atoms with Crippen molar-refractivity contribution in [2.75, 3.05) is 10.2 Å². The number of rotatable bonds is 5. The lowest BCUT2D eigenvalue weighted by Gasteiger charge is -2.31. The molecule has 1 N–H and O–H groups in total. The van der Waals surface area contributed by atoms with Gasteiger partial charge in [0.15, 0.2) is 0 Å². The molecular formula is C32H27BrFN3O4S2. The minimum absolute atomic E-state index is 0.0851. The van der Waals surface area contributed by atoms with Crippen LogP contribution in [0.5, 0.6) is 0 Å². The Kier molecular flexibility index (Phi) is 7.68. The largest absolute Gasteiger partial charge is 0.325 e. The molecule has 6 rings (SSSR count). The van der Waals surface area contributed by atoms with Crippen LogP contribution in [0.25, 0.3) is 0 Å². The highest BCUT2D eigenvalue weighted by atomic mass is 79.9. The Morgan fingerprint density at radius 3 is 2.21 bits per heavy atom. The summed E-state index contributed by atoms with van der Waals surface area (Å²) in [6.45, 7) is 6.06. The number of hydrogen-bond donors (Lipinski definition) is 1. The molecule has 2 aliphatic heterocycles. The van der Waals surface area contributed by atoms with E-state index in [1.165, 1.54) is 45.5 Å². The van der Waals surface area contributed by atoms with E-state index >= 15 is 0 Å². The number of imide groups is 1. The van der Waals surface area contributed by atoms with Gasteiger partial charge < -0.3 is 5.32 Å². The number of thiazole rings is 1. The van der Waals surface area contributed by atoms with Crippen molar-refractivity contribution in [2.24, 2.45) is 5.92 Å². The molecule has 1 fully saturated rings. The van der Waals surface area contributed by atoms with Gasteiger partial charge in [0.1, 0.15) is 17.6 Å². The van der Waals surface area contributed by atoms with Crippen molar-refractivity contribution in [1.29, 1.82) is 0 Å². The highest BCUT2D eigenvalue weighted by Crippen LogP contribution is 2.54. The van der Waals surface area contributed by atoms with Gasteiger partial charge in [0.05, 0.1) is 16.6 Å². The molecule has 0 bridgehead atoms. The molecule has 1 saturated heterocycles. The lowest BCUT2D eigenvalue weighted by molar-refractivity contribution is -0.122. The van der Waals surface area contributed by atoms with Crippen LogP contribution in [0.1, 0.15) is 42.7 Å². The van der Waals surface area contributed by atoms with Crippen LogP contribution in [0, 0.1) is 11.7 Å². The van der Waals surface area contributed by atoms with Gasteiger partial charge >= 0.3 is 4.87 Å². The van der Waals surface area contributed by atoms with E-state index in [1.807, 2.05) is 24.3 Å². The normalized spacial score (nSPS) is 19.7. The topological polar surface area (TPSA) is 88.5 Å². The van der Waals surface area contributed by atoms with Crippen LogP contribution in [0.15, 0.2) is 87.1 Å². The number of halogens is 2. The van der Waals surface area contributed by atoms with Crippen molar-refractivity contribution in [3.05, 3.63) is 109 Å². The second kappa shape index (κ2) is 11.2. The molecule has 11 heteroatoms. The molecule has 43 heavy (non-hydrogen) atoms. The Labute approximate surface area is 264 Å². The zero-order valence-corrected chi connectivity index (χ0v) is 26.7. The van der Waals surface area contributed by atoms with Crippen LogP contribution < -0.4 is 15.1 Å². The maximum Gasteiger partial charge on any atom is 0.308 e. The van der Waals surface area contributed by atoms with E-state index in [0.29, 0.717) is 21.3 Å². The minimum atomic E-state index is -0.781. The molecule has 220 valence electrons. The van der Waals surface area contributed by atoms with E-state index in [0.717, 1.165) is 26.9 Å². The van der Waals surface area contributed by atoms with Gasteiger partial charge in [0.25, 0.3) is 0 Å². The second-order valence-corrected chi connectivity index (χ2v) is 14.6. The molecule has 0 radical (unpaired) electrons. The summed E-state index contributed by atoms with van der Waals surface area (Å²) in [4.78, 5) is 55.9. The molecule has 3 amide bonds. The maximum atomic E-state index is 14.1. The zero-order valence-electron chi connectivity index (χ0n) is 23.5. The van der Waals surface area contributed by atoms with E-state index in [9.17, 15) is 23.6 Å². The SMILES string of the molecule is CC(C)(C)c1ccc([C@@H]2c3sc(=O)n(CC(=O)Nc4ccc(F)cc4)c3S[C@@H]3C(=O)N(c4ccc(Br)cc4)C(=O)[C@H]23)cc1. The van der Waals surface area contributed by atoms with Gasteiger partial charge in [0.2, 0.25) is 17.7 Å². The van der Waals surface area contributed by atoms with Gasteiger partial charge in [-0.3, -0.25) is 23.7 Å². The van der Waals surface area contributed by atoms with Crippen LogP contribution in [-0.2, 0) is 26.3 Å². The smallest absolute Gasteiger partial charge is 0.308 e. The number of aromatic nitrogens is 1. The van der Waals surface area contributed by atoms with E-state index < -0.39 is 28.8 Å². The number of nitrogens with one attached hydrogen (secondary N) is 1. The summed E-state index contributed by atoms with van der Waals surface area (Å²) in [5.41, 5.74) is 2.74. The quantitative estimate of drug-likeness (QED) is 0.242. The maximum absolute atomic E-state index is 14.1. The van der Waals surface area contributed by atoms with Gasteiger partial charge in [-0.1, -0.05) is 84.1 Å². The summed E-state index contributed by atoms with van der Waals surface area (Å²) in [5.74, 6) is -2.85. The Hall–Kier alpha value is -3.54. The number of benzene rings is 3. The molecular weight excluding hydrogens is 653 g/mol. The third-order valence-corrected chi connectivity index (χ3v) is 10.8. The molecule has 0 spiro atoms. The average Bonchev–Trinajstić information content (AvgIpc) is 3.40. The number of thioether (sulfide) groups is 1. The molecule has 2 aliphatic rings. The van der Waals surface area contributed by atoms with Crippen LogP contribution in [-0.4, -0.2) is 27.5 Å². The van der Waals surface area contributed by atoms with E-state index in [2.05, 4.69) is 42.0 Å². The highest BCUT2D eigenvalue weighted by molar-refractivity contribution is 9.10. The predicted molar refractivity (Wildman–Crippen MR) is 170 cm³/mol. The first-order valence-corrected chi connectivity index (χ1v) is 16.1. The molecule has 3 aromatic carbocycles. The van der Waals surface area contributed by atoms with Crippen LogP contribution in [0.4, 0.5) is 15.8 Å². The van der Waals surface area contributed by atoms with Gasteiger partial charge in [-0.2, -0.15) is 0 Å². The third kappa shape index (κ3) is 5.49. The van der Waals surface area contributed by atoms with Gasteiger partial charge in [0, 0.05) is 21.0 Å². The highest BCUT2D eigenvalue weighted by Gasteiger charge is 2.56. The number of carbonyl (C=O) groups excluding carboxylic acids is 3. The zero-order chi connectivity index (χ0) is 30.6. The van der Waals surface area contributed by atoms with Crippen LogP contribution >= 0.6 is 39.0 Å². The van der Waals surface area contributed by atoms with Crippen molar-refractivity contribution in [2.45, 2.75) is 48.9 Å². The molecule has 3 atom stereocenters. The third-order valence-electron chi connectivity index (χ3n) is 7.70. The van der Waals surface area contributed by atoms with E-state index in [4.69, 9.17) is 0 Å². The standard InChI is InChI=1S/C32H27BrFN3O4S2/c1-32(2,3)18-6-4-17(5-7-18)24-25-26(29(40)37(28(25)39)22-14-8-19(33)9-15-22)42-30-27(24)43-31(41)36(30)16-23(38)35-21-12-10-20(34)11-13-21/h4-15,24-26H,16H2,1-3H3,(H,35,38)/t24-,25+,26-/m0/s1. The van der Waals surface area contributed by atoms with Crippen molar-refractivity contribution in [3.8, 4) is 0 Å². The molecule has 0 saturated carbocycles. The molecule has 7 nitrogen and oxygen atoms in total. The predicted octanol–water partition coefficient (Wildman–Crippen LogP) is 6.54. The number of hydrogen-bond acceptors (Lipinski definition) is 6. The lowest BCUT2D eigenvalue weighted by Crippen LogP contribution is -2.33. The summed E-state index contributed by atoms with van der Waals surface area (Å²) in [6.07, 6.45) is 0. The van der Waals surface area contributed by atoms with E-state index in [1.54, 1.807) is 24.3 Å². The van der Waals surface area contributed by atoms with Crippen molar-refractivity contribution >= 4 is 68.1 Å². The number of nitrogens with zero attached hydrogens (tertiary/aromatic N) is 2. The fraction of sp³-hybridized carbons (Fsp3) is 0.250. The summed E-state index contributed by atoms with van der Waals surface area (Å²) in [5, 5.41) is 2.42. The second-order valence-electron chi connectivity index (χ2n) is 11.6. The van der Waals surface area contributed by atoms with Crippen molar-refractivity contribution in [3.63, 3.8) is 0 Å². The van der Waals surface area contributed by atoms with Gasteiger partial charge in [-0.05, 0) is 65.1 Å². The van der Waals surface area contributed by atoms with Crippen molar-refractivity contribution < 1.29 is 18.8 Å². The summed E-state index contributed by atoms with van der Waals surface area (Å²) in [7, 11) is 0. The summed E-state index contributed by atoms with van der Waals surface area (Å²) >= 11 is 5.57. The summed E-state index contributed by atoms with van der Waals surface area (Å²) < 4.78 is 15.5. The number of carbonyl (C=O) groups is 3. The fourth-order valence-electron chi connectivity index (χ4n) is 5.53. The summed E-state index contributed by atoms with van der Waals surface area (Å²) in [6, 6.07) is 20.3. The van der Waals surface area contributed by atoms with Gasteiger partial charge in [-0.15, -0.1) is 0 Å². The van der Waals surface area contributed by atoms with Crippen LogP contribution in [0.3, 0.4) is 0 Å². The Bertz CT molecular complexity index is 1790. The minimum Gasteiger partial charge on any atom is -0.325 e. The molecule has 0 aliphatic carbocycles.